The minimum Gasteiger partial charge on any atom is -0.489 e. The molecule has 0 amide bonds. The van der Waals surface area contributed by atoms with E-state index in [0.717, 1.165) is 37.4 Å². The summed E-state index contributed by atoms with van der Waals surface area (Å²) in [6, 6.07) is 14.0. The number of benzene rings is 2. The van der Waals surface area contributed by atoms with E-state index in [-0.39, 0.29) is 24.2 Å². The molecular weight excluding hydrogens is 507 g/mol. The smallest absolute Gasteiger partial charge is 0.489 e. The molecule has 0 bridgehead atoms. The maximum atomic E-state index is 12.3. The van der Waals surface area contributed by atoms with E-state index in [1.165, 1.54) is 18.3 Å². The van der Waals surface area contributed by atoms with Crippen molar-refractivity contribution in [2.75, 3.05) is 37.7 Å². The maximum absolute atomic E-state index is 12.3. The molecule has 1 atom stereocenters. The Morgan fingerprint density at radius 2 is 1.71 bits per heavy atom. The lowest BCUT2D eigenvalue weighted by atomic mass is 10.1. The largest absolute Gasteiger partial charge is 0.573 e. The van der Waals surface area contributed by atoms with E-state index in [1.807, 2.05) is 31.2 Å². The number of piperazine rings is 1. The molecule has 1 saturated heterocycles. The Bertz CT molecular complexity index is 1250. The molecule has 2 aliphatic heterocycles. The zero-order valence-electron chi connectivity index (χ0n) is 20.6. The van der Waals surface area contributed by atoms with Gasteiger partial charge in [-0.25, -0.2) is 0 Å². The lowest BCUT2D eigenvalue weighted by molar-refractivity contribution is -0.389. The normalized spacial score (nSPS) is 19.6. The van der Waals surface area contributed by atoms with Crippen molar-refractivity contribution in [3.05, 3.63) is 70.4 Å². The number of halogens is 3. The summed E-state index contributed by atoms with van der Waals surface area (Å²) in [5.41, 5.74) is 1.32. The lowest BCUT2D eigenvalue weighted by Crippen LogP contribution is -2.45. The van der Waals surface area contributed by atoms with Crippen LogP contribution < -0.4 is 19.1 Å². The third kappa shape index (κ3) is 6.10. The van der Waals surface area contributed by atoms with Gasteiger partial charge in [0, 0.05) is 43.4 Å². The molecule has 1 fully saturated rings. The zero-order chi connectivity index (χ0) is 26.9. The van der Waals surface area contributed by atoms with Gasteiger partial charge in [-0.05, 0) is 53.8 Å². The van der Waals surface area contributed by atoms with Crippen molar-refractivity contribution in [3.8, 4) is 17.5 Å². The molecule has 202 valence electrons. The molecule has 0 saturated carbocycles. The fourth-order valence-electron chi connectivity index (χ4n) is 4.56. The van der Waals surface area contributed by atoms with Crippen LogP contribution in [-0.2, 0) is 13.1 Å². The molecule has 38 heavy (non-hydrogen) atoms. The molecule has 5 rings (SSSR count). The molecule has 0 spiro atoms. The zero-order valence-corrected chi connectivity index (χ0v) is 20.6. The van der Waals surface area contributed by atoms with E-state index < -0.39 is 16.9 Å². The van der Waals surface area contributed by atoms with Gasteiger partial charge in [0.15, 0.2) is 5.60 Å². The van der Waals surface area contributed by atoms with Gasteiger partial charge in [-0.1, -0.05) is 12.1 Å². The van der Waals surface area contributed by atoms with E-state index in [1.54, 1.807) is 16.7 Å². The Hall–Kier alpha value is -4.00. The number of anilines is 1. The second-order valence-corrected chi connectivity index (χ2v) is 9.56. The first-order chi connectivity index (χ1) is 18.1. The van der Waals surface area contributed by atoms with Crippen molar-refractivity contribution >= 4 is 11.5 Å². The average Bonchev–Trinajstić information content (AvgIpc) is 3.40. The van der Waals surface area contributed by atoms with Gasteiger partial charge in [0.25, 0.3) is 0 Å². The first-order valence-corrected chi connectivity index (χ1v) is 12.0. The van der Waals surface area contributed by atoms with E-state index in [0.29, 0.717) is 18.8 Å². The van der Waals surface area contributed by atoms with Crippen LogP contribution in [-0.4, -0.2) is 64.1 Å². The first-order valence-electron chi connectivity index (χ1n) is 12.0. The van der Waals surface area contributed by atoms with Gasteiger partial charge in [-0.3, -0.25) is 9.47 Å². The summed E-state index contributed by atoms with van der Waals surface area (Å²) < 4.78 is 54.3. The van der Waals surface area contributed by atoms with Gasteiger partial charge in [0.1, 0.15) is 24.3 Å². The topological polar surface area (TPSA) is 95.1 Å². The quantitative estimate of drug-likeness (QED) is 0.314. The van der Waals surface area contributed by atoms with Crippen LogP contribution in [0.25, 0.3) is 0 Å². The van der Waals surface area contributed by atoms with E-state index in [4.69, 9.17) is 9.47 Å². The summed E-state index contributed by atoms with van der Waals surface area (Å²) in [7, 11) is 0. The number of alkyl halides is 3. The number of imidazole rings is 1. The Kier molecular flexibility index (Phi) is 6.78. The molecule has 2 aromatic carbocycles. The summed E-state index contributed by atoms with van der Waals surface area (Å²) in [4.78, 5) is 18.7. The van der Waals surface area contributed by atoms with E-state index in [2.05, 4.69) is 19.5 Å². The summed E-state index contributed by atoms with van der Waals surface area (Å²) in [5.74, 6) is 0.222. The van der Waals surface area contributed by atoms with Crippen LogP contribution in [0, 0.1) is 10.1 Å². The predicted molar refractivity (Wildman–Crippen MR) is 130 cm³/mol. The third-order valence-electron chi connectivity index (χ3n) is 6.44. The fourth-order valence-corrected chi connectivity index (χ4v) is 4.56. The number of hydrogen-bond donors (Lipinski definition) is 0. The number of nitrogens with zero attached hydrogens (tertiary/aromatic N) is 5. The molecule has 2 aliphatic rings. The van der Waals surface area contributed by atoms with E-state index in [9.17, 15) is 23.3 Å². The molecule has 0 radical (unpaired) electrons. The number of ether oxygens (including phenoxy) is 3. The number of fused-ring (bicyclic) bond motifs is 1. The molecule has 13 heteroatoms. The summed E-state index contributed by atoms with van der Waals surface area (Å²) in [6.07, 6.45) is -3.33. The molecular formula is C25H26F3N5O5. The van der Waals surface area contributed by atoms with Gasteiger partial charge in [-0.2, -0.15) is 0 Å². The highest BCUT2D eigenvalue weighted by Crippen LogP contribution is 2.32. The highest BCUT2D eigenvalue weighted by Gasteiger charge is 2.41. The molecule has 3 aromatic rings. The number of nitro groups is 1. The maximum Gasteiger partial charge on any atom is 0.573 e. The van der Waals surface area contributed by atoms with Crippen LogP contribution in [0.15, 0.2) is 54.7 Å². The van der Waals surface area contributed by atoms with Crippen LogP contribution in [0.1, 0.15) is 12.5 Å². The highest BCUT2D eigenvalue weighted by atomic mass is 19.4. The third-order valence-corrected chi connectivity index (χ3v) is 6.44. The van der Waals surface area contributed by atoms with Gasteiger partial charge in [0.2, 0.25) is 0 Å². The first kappa shape index (κ1) is 25.6. The minimum atomic E-state index is -4.69. The van der Waals surface area contributed by atoms with Crippen LogP contribution in [0.4, 0.5) is 24.7 Å². The summed E-state index contributed by atoms with van der Waals surface area (Å²) in [6.45, 7) is 6.46. The SMILES string of the molecule is C[C@@]1(COc2ccc(N3CCN(Cc4ccc(OC(F)(F)F)cc4)CC3)cc2)Cn2cc([N+](=O)[O-])nc2O1. The Morgan fingerprint density at radius 1 is 1.05 bits per heavy atom. The minimum absolute atomic E-state index is 0.213. The van der Waals surface area contributed by atoms with Crippen molar-refractivity contribution in [1.29, 1.82) is 0 Å². The van der Waals surface area contributed by atoms with Crippen molar-refractivity contribution in [3.63, 3.8) is 0 Å². The Balaban J connectivity index is 1.07. The predicted octanol–water partition coefficient (Wildman–Crippen LogP) is 4.24. The van der Waals surface area contributed by atoms with Gasteiger partial charge >= 0.3 is 18.2 Å². The van der Waals surface area contributed by atoms with Gasteiger partial charge in [-0.15, -0.1) is 13.2 Å². The molecule has 0 N–H and O–H groups in total. The fraction of sp³-hybridized carbons (Fsp3) is 0.400. The molecule has 1 aromatic heterocycles. The van der Waals surface area contributed by atoms with Crippen molar-refractivity contribution < 1.29 is 32.3 Å². The van der Waals surface area contributed by atoms with Crippen LogP contribution in [0.3, 0.4) is 0 Å². The standard InChI is InChI=1S/C25H26F3N5O5/c1-24(16-32-15-22(33(34)35)29-23(32)38-24)17-36-20-8-4-19(5-9-20)31-12-10-30(11-13-31)14-18-2-6-21(7-3-18)37-25(26,27)28/h2-9,15H,10-14,16-17H2,1H3/t24-/m0/s1. The lowest BCUT2D eigenvalue weighted by Gasteiger charge is -2.36. The van der Waals surface area contributed by atoms with Crippen LogP contribution >= 0.6 is 0 Å². The van der Waals surface area contributed by atoms with Crippen molar-refractivity contribution in [1.82, 2.24) is 14.5 Å². The number of rotatable bonds is 8. The molecule has 0 unspecified atom stereocenters. The van der Waals surface area contributed by atoms with Gasteiger partial charge < -0.3 is 29.2 Å². The monoisotopic (exact) mass is 533 g/mol. The second kappa shape index (κ2) is 10.0. The highest BCUT2D eigenvalue weighted by molar-refractivity contribution is 5.49. The molecule has 0 aliphatic carbocycles. The Morgan fingerprint density at radius 3 is 2.32 bits per heavy atom. The summed E-state index contributed by atoms with van der Waals surface area (Å²) >= 11 is 0. The van der Waals surface area contributed by atoms with Crippen molar-refractivity contribution in [2.24, 2.45) is 0 Å². The van der Waals surface area contributed by atoms with E-state index >= 15 is 0 Å². The number of hydrogen-bond acceptors (Lipinski definition) is 8. The second-order valence-electron chi connectivity index (χ2n) is 9.56. The van der Waals surface area contributed by atoms with Crippen molar-refractivity contribution in [2.45, 2.75) is 32.0 Å². The summed E-state index contributed by atoms with van der Waals surface area (Å²) in [5, 5.41) is 10.9. The van der Waals surface area contributed by atoms with Gasteiger partial charge in [0.05, 0.1) is 6.54 Å². The van der Waals surface area contributed by atoms with Crippen LogP contribution in [0.2, 0.25) is 0 Å². The Labute approximate surface area is 216 Å². The molecule has 3 heterocycles. The molecule has 10 nitrogen and oxygen atoms in total. The van der Waals surface area contributed by atoms with Crippen LogP contribution in [0.5, 0.6) is 17.5 Å². The average molecular weight is 534 g/mol. The number of aromatic nitrogens is 2.